The smallest absolute Gasteiger partial charge is 0.305 e. The number of amides is 1. The number of carbonyl (C=O) groups excluding carboxylic acids is 2. The van der Waals surface area contributed by atoms with Crippen LogP contribution in [0.5, 0.6) is 0 Å². The Morgan fingerprint density at radius 3 is 2.58 bits per heavy atom. The van der Waals surface area contributed by atoms with Crippen LogP contribution in [0.2, 0.25) is 0 Å². The number of nitrogens with zero attached hydrogens (tertiary/aromatic N) is 1. The van der Waals surface area contributed by atoms with E-state index in [1.165, 1.54) is 0 Å². The molecule has 5 nitrogen and oxygen atoms in total. The highest BCUT2D eigenvalue weighted by molar-refractivity contribution is 6.00. The van der Waals surface area contributed by atoms with Crippen LogP contribution < -0.4 is 5.32 Å². The van der Waals surface area contributed by atoms with E-state index in [-0.39, 0.29) is 11.9 Å². The molecule has 0 fully saturated rings. The van der Waals surface area contributed by atoms with Crippen LogP contribution in [0, 0.1) is 0 Å². The van der Waals surface area contributed by atoms with E-state index in [1.54, 1.807) is 6.20 Å². The van der Waals surface area contributed by atoms with Crippen molar-refractivity contribution in [1.29, 1.82) is 0 Å². The highest BCUT2D eigenvalue weighted by Gasteiger charge is 2.07. The van der Waals surface area contributed by atoms with Crippen molar-refractivity contribution in [1.82, 2.24) is 4.98 Å². The molecule has 0 saturated carbocycles. The zero-order valence-corrected chi connectivity index (χ0v) is 14.1. The van der Waals surface area contributed by atoms with Crippen molar-refractivity contribution in [2.75, 3.05) is 11.9 Å². The second-order valence-electron chi connectivity index (χ2n) is 5.65. The normalized spacial score (nSPS) is 10.5. The van der Waals surface area contributed by atoms with Crippen molar-refractivity contribution in [2.24, 2.45) is 0 Å². The van der Waals surface area contributed by atoms with Gasteiger partial charge in [-0.25, -0.2) is 0 Å². The summed E-state index contributed by atoms with van der Waals surface area (Å²) in [5.74, 6) is -0.141. The Morgan fingerprint density at radius 2 is 1.79 bits per heavy atom. The van der Waals surface area contributed by atoms with Gasteiger partial charge in [0.15, 0.2) is 0 Å². The molecule has 1 N–H and O–H groups in total. The van der Waals surface area contributed by atoms with Crippen LogP contribution in [0.15, 0.2) is 36.5 Å². The Hall–Kier alpha value is -2.43. The number of nitrogens with one attached hydrogen (secondary N) is 1. The molecule has 0 radical (unpaired) electrons. The monoisotopic (exact) mass is 328 g/mol. The number of unbranched alkanes of at least 4 members (excludes halogenated alkanes) is 3. The van der Waals surface area contributed by atoms with Gasteiger partial charge < -0.3 is 10.1 Å². The van der Waals surface area contributed by atoms with Crippen LogP contribution in [0.25, 0.3) is 10.9 Å². The van der Waals surface area contributed by atoms with E-state index in [2.05, 4.69) is 10.3 Å². The Morgan fingerprint density at radius 1 is 1.04 bits per heavy atom. The standard InChI is InChI=1S/C19H24N2O3/c1-2-24-18(23)13-6-4-3-5-12-17(22)21-16-11-7-9-15-10-8-14-20-19(15)16/h7-11,14H,2-6,12-13H2,1H3,(H,21,22). The first-order valence-electron chi connectivity index (χ1n) is 8.50. The van der Waals surface area contributed by atoms with Crippen molar-refractivity contribution in [2.45, 2.75) is 45.4 Å². The van der Waals surface area contributed by atoms with Gasteiger partial charge >= 0.3 is 5.97 Å². The van der Waals surface area contributed by atoms with E-state index in [1.807, 2.05) is 37.3 Å². The first kappa shape index (κ1) is 17.9. The zero-order valence-electron chi connectivity index (χ0n) is 14.1. The van der Waals surface area contributed by atoms with Gasteiger partial charge in [-0.15, -0.1) is 0 Å². The lowest BCUT2D eigenvalue weighted by molar-refractivity contribution is -0.143. The molecule has 5 heteroatoms. The number of hydrogen-bond donors (Lipinski definition) is 1. The van der Waals surface area contributed by atoms with Crippen LogP contribution in [-0.4, -0.2) is 23.5 Å². The Labute approximate surface area is 142 Å². The average molecular weight is 328 g/mol. The lowest BCUT2D eigenvalue weighted by Crippen LogP contribution is -2.11. The van der Waals surface area contributed by atoms with E-state index in [0.717, 1.165) is 42.3 Å². The Bertz CT molecular complexity index is 680. The third kappa shape index (κ3) is 5.65. The maximum Gasteiger partial charge on any atom is 0.305 e. The molecule has 24 heavy (non-hydrogen) atoms. The molecular weight excluding hydrogens is 304 g/mol. The second-order valence-corrected chi connectivity index (χ2v) is 5.65. The SMILES string of the molecule is CCOC(=O)CCCCCCC(=O)Nc1cccc2cccnc12. The lowest BCUT2D eigenvalue weighted by Gasteiger charge is -2.08. The summed E-state index contributed by atoms with van der Waals surface area (Å²) in [6.07, 6.45) is 6.15. The topological polar surface area (TPSA) is 68.3 Å². The summed E-state index contributed by atoms with van der Waals surface area (Å²) in [7, 11) is 0. The Kier molecular flexibility index (Phi) is 7.21. The summed E-state index contributed by atoms with van der Waals surface area (Å²) in [6, 6.07) is 9.61. The molecule has 0 bridgehead atoms. The van der Waals surface area contributed by atoms with Crippen molar-refractivity contribution in [3.8, 4) is 0 Å². The molecule has 1 amide bonds. The Balaban J connectivity index is 1.69. The first-order valence-corrected chi connectivity index (χ1v) is 8.50. The summed E-state index contributed by atoms with van der Waals surface area (Å²) in [5, 5.41) is 3.94. The molecule has 0 saturated heterocycles. The molecule has 1 aromatic carbocycles. The van der Waals surface area contributed by atoms with Crippen molar-refractivity contribution in [3.05, 3.63) is 36.5 Å². The maximum atomic E-state index is 12.1. The number of benzene rings is 1. The lowest BCUT2D eigenvalue weighted by atomic mass is 10.1. The molecule has 0 aliphatic rings. The molecule has 128 valence electrons. The van der Waals surface area contributed by atoms with Gasteiger partial charge in [0.1, 0.15) is 0 Å². The van der Waals surface area contributed by atoms with E-state index in [9.17, 15) is 9.59 Å². The van der Waals surface area contributed by atoms with Crippen molar-refractivity contribution < 1.29 is 14.3 Å². The fourth-order valence-corrected chi connectivity index (χ4v) is 2.56. The third-order valence-corrected chi connectivity index (χ3v) is 3.75. The van der Waals surface area contributed by atoms with E-state index in [4.69, 9.17) is 4.74 Å². The van der Waals surface area contributed by atoms with Crippen LogP contribution in [-0.2, 0) is 14.3 Å². The summed E-state index contributed by atoms with van der Waals surface area (Å²) in [5.41, 5.74) is 1.56. The first-order chi connectivity index (χ1) is 11.7. The molecule has 0 spiro atoms. The molecule has 1 heterocycles. The van der Waals surface area contributed by atoms with Gasteiger partial charge in [-0.05, 0) is 31.9 Å². The summed E-state index contributed by atoms with van der Waals surface area (Å²) in [6.45, 7) is 2.24. The predicted molar refractivity (Wildman–Crippen MR) is 94.7 cm³/mol. The fraction of sp³-hybridized carbons (Fsp3) is 0.421. The summed E-state index contributed by atoms with van der Waals surface area (Å²) in [4.78, 5) is 27.6. The largest absolute Gasteiger partial charge is 0.466 e. The highest BCUT2D eigenvalue weighted by atomic mass is 16.5. The number of fused-ring (bicyclic) bond motifs is 1. The molecule has 2 aromatic rings. The summed E-state index contributed by atoms with van der Waals surface area (Å²) >= 11 is 0. The predicted octanol–water partition coefficient (Wildman–Crippen LogP) is 4.08. The van der Waals surface area contributed by atoms with Gasteiger partial charge in [0, 0.05) is 24.4 Å². The zero-order chi connectivity index (χ0) is 17.2. The molecule has 2 rings (SSSR count). The van der Waals surface area contributed by atoms with Crippen LogP contribution in [0.1, 0.15) is 45.4 Å². The minimum Gasteiger partial charge on any atom is -0.466 e. The van der Waals surface area contributed by atoms with Gasteiger partial charge in [-0.3, -0.25) is 14.6 Å². The van der Waals surface area contributed by atoms with Crippen molar-refractivity contribution >= 4 is 28.5 Å². The van der Waals surface area contributed by atoms with Crippen LogP contribution >= 0.6 is 0 Å². The van der Waals surface area contributed by atoms with Crippen molar-refractivity contribution in [3.63, 3.8) is 0 Å². The van der Waals surface area contributed by atoms with Gasteiger partial charge in [-0.2, -0.15) is 0 Å². The van der Waals surface area contributed by atoms with E-state index >= 15 is 0 Å². The number of pyridine rings is 1. The molecule has 0 unspecified atom stereocenters. The van der Waals surface area contributed by atoms with E-state index < -0.39 is 0 Å². The number of aromatic nitrogens is 1. The fourth-order valence-electron chi connectivity index (χ4n) is 2.56. The number of esters is 1. The minimum absolute atomic E-state index is 0.00135. The average Bonchev–Trinajstić information content (AvgIpc) is 2.58. The minimum atomic E-state index is -0.140. The number of para-hydroxylation sites is 1. The second kappa shape index (κ2) is 9.65. The summed E-state index contributed by atoms with van der Waals surface area (Å²) < 4.78 is 4.88. The third-order valence-electron chi connectivity index (χ3n) is 3.75. The maximum absolute atomic E-state index is 12.1. The van der Waals surface area contributed by atoms with Gasteiger partial charge in [0.2, 0.25) is 5.91 Å². The van der Waals surface area contributed by atoms with Gasteiger partial charge in [0.25, 0.3) is 0 Å². The van der Waals surface area contributed by atoms with Gasteiger partial charge in [-0.1, -0.05) is 31.0 Å². The molecule has 0 aliphatic carbocycles. The van der Waals surface area contributed by atoms with Gasteiger partial charge in [0.05, 0.1) is 17.8 Å². The number of rotatable bonds is 9. The molecule has 0 atom stereocenters. The highest BCUT2D eigenvalue weighted by Crippen LogP contribution is 2.21. The van der Waals surface area contributed by atoms with E-state index in [0.29, 0.717) is 19.4 Å². The van der Waals surface area contributed by atoms with Crippen LogP contribution in [0.3, 0.4) is 0 Å². The van der Waals surface area contributed by atoms with Crippen LogP contribution in [0.4, 0.5) is 5.69 Å². The molecular formula is C19H24N2O3. The number of hydrogen-bond acceptors (Lipinski definition) is 4. The number of ether oxygens (including phenoxy) is 1. The molecule has 1 aromatic heterocycles. The molecule has 0 aliphatic heterocycles. The quantitative estimate of drug-likeness (QED) is 0.556. The number of carbonyl (C=O) groups is 2. The number of anilines is 1.